The van der Waals surface area contributed by atoms with Crippen molar-refractivity contribution in [1.82, 2.24) is 9.40 Å². The molecule has 5 nitrogen and oxygen atoms in total. The average Bonchev–Trinajstić information content (AvgIpc) is 2.80. The number of aromatic nitrogens is 1. The molecule has 0 spiro atoms. The zero-order chi connectivity index (χ0) is 21.1. The number of nitrogens with zero attached hydrogens (tertiary/aromatic N) is 2. The Kier molecular flexibility index (Phi) is 6.11. The Morgan fingerprint density at radius 1 is 0.967 bits per heavy atom. The molecule has 2 aromatic carbocycles. The van der Waals surface area contributed by atoms with Gasteiger partial charge in [0, 0.05) is 24.5 Å². The highest BCUT2D eigenvalue weighted by atomic mass is 35.5. The summed E-state index contributed by atoms with van der Waals surface area (Å²) in [6.07, 6.45) is 5.24. The number of hydrogen-bond acceptors (Lipinski definition) is 5. The summed E-state index contributed by atoms with van der Waals surface area (Å²) in [6, 6.07) is 14.6. The number of pyridine rings is 1. The predicted molar refractivity (Wildman–Crippen MR) is 118 cm³/mol. The van der Waals surface area contributed by atoms with Crippen LogP contribution >= 0.6 is 11.8 Å². The van der Waals surface area contributed by atoms with Crippen LogP contribution in [-0.2, 0) is 12.8 Å². The minimum absolute atomic E-state index is 0.0639. The number of ether oxygens (including phenoxy) is 3. The van der Waals surface area contributed by atoms with Gasteiger partial charge in [-0.25, -0.2) is 4.42 Å². The largest absolute Gasteiger partial charge is 0.496 e. The van der Waals surface area contributed by atoms with Crippen LogP contribution < -0.4 is 14.2 Å². The fourth-order valence-electron chi connectivity index (χ4n) is 4.03. The maximum Gasteiger partial charge on any atom is 0.161 e. The van der Waals surface area contributed by atoms with Crippen molar-refractivity contribution in [2.24, 2.45) is 0 Å². The van der Waals surface area contributed by atoms with E-state index in [-0.39, 0.29) is 6.04 Å². The van der Waals surface area contributed by atoms with E-state index < -0.39 is 0 Å². The maximum atomic E-state index is 6.63. The molecule has 0 aliphatic carbocycles. The lowest BCUT2D eigenvalue weighted by molar-refractivity contribution is 0.316. The van der Waals surface area contributed by atoms with Crippen molar-refractivity contribution >= 4 is 11.8 Å². The first-order valence-corrected chi connectivity index (χ1v) is 10.2. The Morgan fingerprint density at radius 3 is 2.37 bits per heavy atom. The summed E-state index contributed by atoms with van der Waals surface area (Å²) in [5.74, 6) is 2.30. The van der Waals surface area contributed by atoms with Crippen LogP contribution in [0.4, 0.5) is 0 Å². The quantitative estimate of drug-likeness (QED) is 0.517. The molecule has 0 fully saturated rings. The van der Waals surface area contributed by atoms with Gasteiger partial charge in [0.2, 0.25) is 0 Å². The second kappa shape index (κ2) is 8.94. The van der Waals surface area contributed by atoms with Crippen molar-refractivity contribution < 1.29 is 14.2 Å². The van der Waals surface area contributed by atoms with Gasteiger partial charge >= 0.3 is 0 Å². The zero-order valence-corrected chi connectivity index (χ0v) is 18.1. The molecule has 0 radical (unpaired) electrons. The SMILES string of the molecule is COc1cc2c(cc1OC)C(Cc1ccc(-c3cnccc3OC)cc1)N(Cl)CC2. The average molecular weight is 425 g/mol. The van der Waals surface area contributed by atoms with E-state index in [1.807, 2.05) is 16.7 Å². The summed E-state index contributed by atoms with van der Waals surface area (Å²) in [7, 11) is 5.00. The summed E-state index contributed by atoms with van der Waals surface area (Å²) < 4.78 is 18.3. The van der Waals surface area contributed by atoms with Gasteiger partial charge in [0.1, 0.15) is 5.75 Å². The molecule has 6 heteroatoms. The van der Waals surface area contributed by atoms with Crippen LogP contribution in [0, 0.1) is 0 Å². The molecule has 30 heavy (non-hydrogen) atoms. The molecule has 1 aliphatic heterocycles. The third kappa shape index (κ3) is 3.95. The van der Waals surface area contributed by atoms with E-state index in [0.717, 1.165) is 47.8 Å². The summed E-state index contributed by atoms with van der Waals surface area (Å²) >= 11 is 6.63. The number of halogens is 1. The molecule has 0 saturated heterocycles. The van der Waals surface area contributed by atoms with Crippen LogP contribution in [0.1, 0.15) is 22.7 Å². The predicted octanol–water partition coefficient (Wildman–Crippen LogP) is 5.07. The second-order valence-electron chi connectivity index (χ2n) is 7.27. The van der Waals surface area contributed by atoms with Gasteiger partial charge in [-0.15, -0.1) is 0 Å². The van der Waals surface area contributed by atoms with Gasteiger partial charge in [-0.1, -0.05) is 24.3 Å². The van der Waals surface area contributed by atoms with E-state index in [4.69, 9.17) is 26.0 Å². The third-order valence-corrected chi connectivity index (χ3v) is 6.04. The first-order chi connectivity index (χ1) is 14.6. The van der Waals surface area contributed by atoms with Crippen molar-refractivity contribution in [2.75, 3.05) is 27.9 Å². The smallest absolute Gasteiger partial charge is 0.161 e. The van der Waals surface area contributed by atoms with Gasteiger partial charge < -0.3 is 14.2 Å². The summed E-state index contributed by atoms with van der Waals surface area (Å²) in [5.41, 5.74) is 5.70. The van der Waals surface area contributed by atoms with E-state index in [1.165, 1.54) is 16.7 Å². The monoisotopic (exact) mass is 424 g/mol. The van der Waals surface area contributed by atoms with Crippen molar-refractivity contribution in [3.05, 3.63) is 71.5 Å². The Morgan fingerprint density at radius 2 is 1.67 bits per heavy atom. The van der Waals surface area contributed by atoms with Gasteiger partial charge in [0.05, 0.1) is 27.4 Å². The summed E-state index contributed by atoms with van der Waals surface area (Å²) in [4.78, 5) is 4.22. The highest BCUT2D eigenvalue weighted by molar-refractivity contribution is 6.13. The Hall–Kier alpha value is -2.76. The molecule has 156 valence electrons. The lowest BCUT2D eigenvalue weighted by Crippen LogP contribution is -2.29. The Bertz CT molecular complexity index is 1020. The van der Waals surface area contributed by atoms with Crippen LogP contribution in [-0.4, -0.2) is 37.3 Å². The molecule has 4 rings (SSSR count). The standard InChI is InChI=1S/C24H25ClN2O3/c1-28-22-8-10-26-15-20(22)17-6-4-16(5-7-17)12-21-19-14-24(30-3)23(29-2)13-18(19)9-11-27(21)25/h4-8,10,13-15,21H,9,11-12H2,1-3H3. The Balaban J connectivity index is 1.62. The van der Waals surface area contributed by atoms with E-state index in [0.29, 0.717) is 0 Å². The van der Waals surface area contributed by atoms with Crippen molar-refractivity contribution in [1.29, 1.82) is 0 Å². The fraction of sp³-hybridized carbons (Fsp3) is 0.292. The molecule has 1 unspecified atom stereocenters. The summed E-state index contributed by atoms with van der Waals surface area (Å²) in [6.45, 7) is 0.791. The van der Waals surface area contributed by atoms with Gasteiger partial charge in [-0.2, -0.15) is 0 Å². The topological polar surface area (TPSA) is 43.8 Å². The van der Waals surface area contributed by atoms with Crippen LogP contribution in [0.2, 0.25) is 0 Å². The minimum Gasteiger partial charge on any atom is -0.496 e. The second-order valence-corrected chi connectivity index (χ2v) is 7.71. The number of methoxy groups -OCH3 is 3. The molecule has 0 N–H and O–H groups in total. The van der Waals surface area contributed by atoms with Crippen molar-refractivity contribution in [3.63, 3.8) is 0 Å². The molecule has 0 bridgehead atoms. The highest BCUT2D eigenvalue weighted by Gasteiger charge is 2.28. The first kappa shape index (κ1) is 20.5. The van der Waals surface area contributed by atoms with E-state index in [9.17, 15) is 0 Å². The zero-order valence-electron chi connectivity index (χ0n) is 17.4. The van der Waals surface area contributed by atoms with E-state index in [1.54, 1.807) is 27.5 Å². The maximum absolute atomic E-state index is 6.63. The van der Waals surface area contributed by atoms with Crippen LogP contribution in [0.25, 0.3) is 11.1 Å². The molecule has 2 heterocycles. The minimum atomic E-state index is 0.0639. The third-order valence-electron chi connectivity index (χ3n) is 5.63. The lowest BCUT2D eigenvalue weighted by atomic mass is 9.89. The molecule has 1 atom stereocenters. The van der Waals surface area contributed by atoms with Gasteiger partial charge in [-0.3, -0.25) is 4.98 Å². The van der Waals surface area contributed by atoms with Gasteiger partial charge in [0.15, 0.2) is 11.5 Å². The fourth-order valence-corrected chi connectivity index (χ4v) is 4.29. The first-order valence-electron chi connectivity index (χ1n) is 9.89. The molecule has 0 amide bonds. The molecular formula is C24H25ClN2O3. The lowest BCUT2D eigenvalue weighted by Gasteiger charge is -2.33. The van der Waals surface area contributed by atoms with Crippen LogP contribution in [0.3, 0.4) is 0 Å². The molecule has 0 saturated carbocycles. The Labute approximate surface area is 182 Å². The molecule has 3 aromatic rings. The number of rotatable bonds is 6. The van der Waals surface area contributed by atoms with Crippen molar-refractivity contribution in [3.8, 4) is 28.4 Å². The number of benzene rings is 2. The van der Waals surface area contributed by atoms with Gasteiger partial charge in [0.25, 0.3) is 0 Å². The van der Waals surface area contributed by atoms with Crippen LogP contribution in [0.15, 0.2) is 54.9 Å². The van der Waals surface area contributed by atoms with E-state index in [2.05, 4.69) is 41.4 Å². The molecule has 1 aromatic heterocycles. The number of fused-ring (bicyclic) bond motifs is 1. The number of hydrogen-bond donors (Lipinski definition) is 0. The molecule has 1 aliphatic rings. The molecular weight excluding hydrogens is 400 g/mol. The van der Waals surface area contributed by atoms with Gasteiger partial charge in [-0.05, 0) is 65.1 Å². The summed E-state index contributed by atoms with van der Waals surface area (Å²) in [5, 5.41) is 0. The highest BCUT2D eigenvalue weighted by Crippen LogP contribution is 2.40. The normalized spacial score (nSPS) is 16.1. The van der Waals surface area contributed by atoms with E-state index >= 15 is 0 Å². The van der Waals surface area contributed by atoms with Crippen LogP contribution in [0.5, 0.6) is 17.2 Å². The van der Waals surface area contributed by atoms with Crippen molar-refractivity contribution in [2.45, 2.75) is 18.9 Å².